The molecule has 1 amide bonds. The van der Waals surface area contributed by atoms with E-state index in [0.717, 1.165) is 16.2 Å². The Morgan fingerprint density at radius 2 is 1.68 bits per heavy atom. The van der Waals surface area contributed by atoms with Crippen LogP contribution >= 0.6 is 50.9 Å². The van der Waals surface area contributed by atoms with E-state index in [0.29, 0.717) is 37.5 Å². The Bertz CT molecular complexity index is 1320. The van der Waals surface area contributed by atoms with Crippen LogP contribution in [0.4, 0.5) is 5.69 Å². The molecule has 1 aromatic heterocycles. The molecule has 4 aromatic rings. The summed E-state index contributed by atoms with van der Waals surface area (Å²) in [5, 5.41) is 4.33. The van der Waals surface area contributed by atoms with Gasteiger partial charge in [0.05, 0.1) is 38.1 Å². The lowest BCUT2D eigenvalue weighted by atomic mass is 10.2. The van der Waals surface area contributed by atoms with E-state index in [-0.39, 0.29) is 17.2 Å². The van der Waals surface area contributed by atoms with Crippen molar-refractivity contribution in [1.29, 1.82) is 0 Å². The number of halogens is 3. The Balaban J connectivity index is 1.68. The summed E-state index contributed by atoms with van der Waals surface area (Å²) in [5.41, 5.74) is 1.37. The summed E-state index contributed by atoms with van der Waals surface area (Å²) in [4.78, 5) is 30.4. The van der Waals surface area contributed by atoms with Crippen molar-refractivity contribution in [3.05, 3.63) is 91.6 Å². The number of rotatable bonds is 5. The molecule has 9 heteroatoms. The Kier molecular flexibility index (Phi) is 6.67. The molecule has 0 unspecified atom stereocenters. The van der Waals surface area contributed by atoms with E-state index >= 15 is 0 Å². The molecule has 0 bridgehead atoms. The number of amides is 1. The van der Waals surface area contributed by atoms with Crippen molar-refractivity contribution in [3.63, 3.8) is 0 Å². The third kappa shape index (κ3) is 4.80. The van der Waals surface area contributed by atoms with Crippen LogP contribution in [0.25, 0.3) is 16.6 Å². The third-order valence-electron chi connectivity index (χ3n) is 4.39. The monoisotopic (exact) mass is 533 g/mol. The first-order chi connectivity index (χ1) is 14.9. The summed E-state index contributed by atoms with van der Waals surface area (Å²) in [5.74, 6) is -0.298. The standard InChI is InChI=1S/C22H14BrCl2N3O2S/c23-13-8-10-14(11-9-13)28-21(30)15-4-1-2-7-18(15)26-22(28)31-12-19(29)27-20-16(24)5-3-6-17(20)25/h1-11H,12H2,(H,27,29). The number of benzene rings is 3. The number of fused-ring (bicyclic) bond motifs is 1. The van der Waals surface area contributed by atoms with Gasteiger partial charge in [-0.2, -0.15) is 0 Å². The van der Waals surface area contributed by atoms with Gasteiger partial charge in [-0.05, 0) is 48.5 Å². The summed E-state index contributed by atoms with van der Waals surface area (Å²) >= 11 is 16.8. The molecule has 4 rings (SSSR count). The number of aromatic nitrogens is 2. The van der Waals surface area contributed by atoms with Crippen molar-refractivity contribution < 1.29 is 4.79 Å². The predicted molar refractivity (Wildman–Crippen MR) is 131 cm³/mol. The quantitative estimate of drug-likeness (QED) is 0.245. The second-order valence-corrected chi connectivity index (χ2v) is 9.13. The minimum absolute atomic E-state index is 0.0167. The second kappa shape index (κ2) is 9.44. The molecule has 0 saturated carbocycles. The number of hydrogen-bond acceptors (Lipinski definition) is 4. The van der Waals surface area contributed by atoms with Crippen LogP contribution in [0.1, 0.15) is 0 Å². The summed E-state index contributed by atoms with van der Waals surface area (Å²) in [6, 6.07) is 19.4. The van der Waals surface area contributed by atoms with E-state index in [1.807, 2.05) is 30.3 Å². The number of anilines is 1. The Morgan fingerprint density at radius 1 is 1.00 bits per heavy atom. The second-order valence-electron chi connectivity index (χ2n) is 6.46. The first-order valence-corrected chi connectivity index (χ1v) is 11.6. The van der Waals surface area contributed by atoms with Gasteiger partial charge in [-0.1, -0.05) is 69.1 Å². The first-order valence-electron chi connectivity index (χ1n) is 9.08. The maximum atomic E-state index is 13.2. The van der Waals surface area contributed by atoms with Crippen molar-refractivity contribution in [2.24, 2.45) is 0 Å². The van der Waals surface area contributed by atoms with E-state index < -0.39 is 0 Å². The molecule has 0 aliphatic carbocycles. The van der Waals surface area contributed by atoms with Crippen molar-refractivity contribution in [1.82, 2.24) is 9.55 Å². The van der Waals surface area contributed by atoms with Gasteiger partial charge in [-0.15, -0.1) is 0 Å². The van der Waals surface area contributed by atoms with E-state index in [1.165, 1.54) is 4.57 Å². The van der Waals surface area contributed by atoms with Crippen LogP contribution < -0.4 is 10.9 Å². The van der Waals surface area contributed by atoms with Crippen molar-refractivity contribution in [2.45, 2.75) is 5.16 Å². The van der Waals surface area contributed by atoms with Crippen LogP contribution in [0.3, 0.4) is 0 Å². The fourth-order valence-electron chi connectivity index (χ4n) is 2.95. The molecule has 0 spiro atoms. The maximum absolute atomic E-state index is 13.2. The number of para-hydroxylation sites is 2. The third-order valence-corrected chi connectivity index (χ3v) is 6.49. The number of carbonyl (C=O) groups is 1. The number of nitrogens with one attached hydrogen (secondary N) is 1. The highest BCUT2D eigenvalue weighted by molar-refractivity contribution is 9.10. The largest absolute Gasteiger partial charge is 0.323 e. The summed E-state index contributed by atoms with van der Waals surface area (Å²) < 4.78 is 2.40. The van der Waals surface area contributed by atoms with Crippen LogP contribution in [-0.4, -0.2) is 21.2 Å². The normalized spacial score (nSPS) is 10.9. The molecular formula is C22H14BrCl2N3O2S. The highest BCUT2D eigenvalue weighted by atomic mass is 79.9. The SMILES string of the molecule is O=C(CSc1nc2ccccc2c(=O)n1-c1ccc(Br)cc1)Nc1c(Cl)cccc1Cl. The van der Waals surface area contributed by atoms with E-state index in [9.17, 15) is 9.59 Å². The van der Waals surface area contributed by atoms with E-state index in [4.69, 9.17) is 23.2 Å². The van der Waals surface area contributed by atoms with Gasteiger partial charge in [-0.25, -0.2) is 4.98 Å². The summed E-state index contributed by atoms with van der Waals surface area (Å²) in [6.07, 6.45) is 0. The van der Waals surface area contributed by atoms with Gasteiger partial charge in [0.15, 0.2) is 5.16 Å². The molecule has 0 saturated heterocycles. The van der Waals surface area contributed by atoms with Gasteiger partial charge >= 0.3 is 0 Å². The predicted octanol–water partition coefficient (Wildman–Crippen LogP) is 6.19. The van der Waals surface area contributed by atoms with Crippen molar-refractivity contribution in [2.75, 3.05) is 11.1 Å². The molecule has 31 heavy (non-hydrogen) atoms. The van der Waals surface area contributed by atoms with E-state index in [1.54, 1.807) is 36.4 Å². The molecular weight excluding hydrogens is 521 g/mol. The maximum Gasteiger partial charge on any atom is 0.266 e. The highest BCUT2D eigenvalue weighted by Crippen LogP contribution is 2.30. The fraction of sp³-hybridized carbons (Fsp3) is 0.0455. The Labute approximate surface area is 200 Å². The van der Waals surface area contributed by atoms with Gasteiger partial charge in [0.2, 0.25) is 5.91 Å². The average molecular weight is 535 g/mol. The smallest absolute Gasteiger partial charge is 0.266 e. The number of hydrogen-bond donors (Lipinski definition) is 1. The van der Waals surface area contributed by atoms with Crippen molar-refractivity contribution in [3.8, 4) is 5.69 Å². The molecule has 0 fully saturated rings. The van der Waals surface area contributed by atoms with E-state index in [2.05, 4.69) is 26.2 Å². The zero-order valence-corrected chi connectivity index (χ0v) is 19.7. The molecule has 156 valence electrons. The van der Waals surface area contributed by atoms with Gasteiger partial charge < -0.3 is 5.32 Å². The molecule has 1 N–H and O–H groups in total. The fourth-order valence-corrected chi connectivity index (χ4v) is 4.52. The molecule has 3 aromatic carbocycles. The number of carbonyl (C=O) groups excluding carboxylic acids is 1. The van der Waals surface area contributed by atoms with Crippen LogP contribution in [0.2, 0.25) is 10.0 Å². The molecule has 1 heterocycles. The van der Waals surface area contributed by atoms with Gasteiger partial charge in [0, 0.05) is 4.47 Å². The van der Waals surface area contributed by atoms with Gasteiger partial charge in [-0.3, -0.25) is 14.2 Å². The lowest BCUT2D eigenvalue weighted by molar-refractivity contribution is -0.113. The average Bonchev–Trinajstić information content (AvgIpc) is 2.76. The zero-order valence-electron chi connectivity index (χ0n) is 15.8. The van der Waals surface area contributed by atoms with Crippen LogP contribution in [0, 0.1) is 0 Å². The van der Waals surface area contributed by atoms with Crippen LogP contribution in [0.5, 0.6) is 0 Å². The minimum atomic E-state index is -0.315. The highest BCUT2D eigenvalue weighted by Gasteiger charge is 2.16. The minimum Gasteiger partial charge on any atom is -0.323 e. The van der Waals surface area contributed by atoms with Gasteiger partial charge in [0.1, 0.15) is 0 Å². The first kappa shape index (κ1) is 21.9. The number of nitrogens with zero attached hydrogens (tertiary/aromatic N) is 2. The lowest BCUT2D eigenvalue weighted by Crippen LogP contribution is -2.23. The van der Waals surface area contributed by atoms with Crippen LogP contribution in [-0.2, 0) is 4.79 Å². The van der Waals surface area contributed by atoms with Gasteiger partial charge in [0.25, 0.3) is 5.56 Å². The molecule has 0 atom stereocenters. The molecule has 0 radical (unpaired) electrons. The molecule has 0 aliphatic heterocycles. The Hall–Kier alpha value is -2.32. The van der Waals surface area contributed by atoms with Crippen LogP contribution in [0.15, 0.2) is 81.2 Å². The Morgan fingerprint density at radius 3 is 2.39 bits per heavy atom. The molecule has 5 nitrogen and oxygen atoms in total. The topological polar surface area (TPSA) is 64.0 Å². The summed E-state index contributed by atoms with van der Waals surface area (Å²) in [6.45, 7) is 0. The van der Waals surface area contributed by atoms with Crippen molar-refractivity contribution >= 4 is 73.4 Å². The lowest BCUT2D eigenvalue weighted by Gasteiger charge is -2.14. The summed E-state index contributed by atoms with van der Waals surface area (Å²) in [7, 11) is 0. The molecule has 0 aliphatic rings. The number of thioether (sulfide) groups is 1. The zero-order chi connectivity index (χ0) is 22.0.